The van der Waals surface area contributed by atoms with Crippen LogP contribution in [0.2, 0.25) is 0 Å². The molecule has 25 heavy (non-hydrogen) atoms. The van der Waals surface area contributed by atoms with Gasteiger partial charge in [0, 0.05) is 30.7 Å². The molecule has 0 aromatic carbocycles. The van der Waals surface area contributed by atoms with Gasteiger partial charge in [-0.15, -0.1) is 35.3 Å². The SMILES string of the molecule is CCOc1ncccc1CNC(=NC)NCc1nc(C(C)C)cs1.I. The Morgan fingerprint density at radius 2 is 2.08 bits per heavy atom. The van der Waals surface area contributed by atoms with Crippen molar-refractivity contribution >= 4 is 41.3 Å². The zero-order valence-corrected chi connectivity index (χ0v) is 18.2. The Hall–Kier alpha value is -1.42. The normalized spacial score (nSPS) is 11.2. The predicted molar refractivity (Wildman–Crippen MR) is 114 cm³/mol. The molecule has 2 heterocycles. The van der Waals surface area contributed by atoms with Crippen LogP contribution in [0.3, 0.4) is 0 Å². The zero-order valence-electron chi connectivity index (χ0n) is 15.1. The van der Waals surface area contributed by atoms with Crippen molar-refractivity contribution in [3.63, 3.8) is 0 Å². The molecule has 0 aliphatic rings. The van der Waals surface area contributed by atoms with Crippen molar-refractivity contribution < 1.29 is 4.74 Å². The molecule has 8 heteroatoms. The third kappa shape index (κ3) is 6.77. The van der Waals surface area contributed by atoms with Crippen molar-refractivity contribution in [3.05, 3.63) is 40.0 Å². The van der Waals surface area contributed by atoms with E-state index in [0.717, 1.165) is 22.2 Å². The summed E-state index contributed by atoms with van der Waals surface area (Å²) in [5, 5.41) is 9.73. The molecule has 0 aliphatic heterocycles. The van der Waals surface area contributed by atoms with Crippen LogP contribution in [0.15, 0.2) is 28.7 Å². The largest absolute Gasteiger partial charge is 0.478 e. The van der Waals surface area contributed by atoms with Crippen LogP contribution in [0.4, 0.5) is 0 Å². The Bertz CT molecular complexity index is 675. The van der Waals surface area contributed by atoms with Crippen LogP contribution in [0.25, 0.3) is 0 Å². The van der Waals surface area contributed by atoms with Gasteiger partial charge >= 0.3 is 0 Å². The van der Waals surface area contributed by atoms with Crippen LogP contribution in [-0.2, 0) is 13.1 Å². The molecular formula is C17H26IN5OS. The smallest absolute Gasteiger partial charge is 0.218 e. The highest BCUT2D eigenvalue weighted by molar-refractivity contribution is 14.0. The van der Waals surface area contributed by atoms with Gasteiger partial charge in [0.15, 0.2) is 5.96 Å². The molecule has 0 bridgehead atoms. The summed E-state index contributed by atoms with van der Waals surface area (Å²) in [6, 6.07) is 3.90. The Morgan fingerprint density at radius 1 is 1.32 bits per heavy atom. The average molecular weight is 475 g/mol. The van der Waals surface area contributed by atoms with Gasteiger partial charge < -0.3 is 15.4 Å². The monoisotopic (exact) mass is 475 g/mol. The minimum Gasteiger partial charge on any atom is -0.478 e. The van der Waals surface area contributed by atoms with Crippen LogP contribution in [0.1, 0.15) is 43.0 Å². The van der Waals surface area contributed by atoms with Gasteiger partial charge in [0.2, 0.25) is 5.88 Å². The van der Waals surface area contributed by atoms with Gasteiger partial charge in [-0.25, -0.2) is 9.97 Å². The van der Waals surface area contributed by atoms with Crippen molar-refractivity contribution in [2.75, 3.05) is 13.7 Å². The van der Waals surface area contributed by atoms with Gasteiger partial charge in [0.25, 0.3) is 0 Å². The topological polar surface area (TPSA) is 71.4 Å². The van der Waals surface area contributed by atoms with E-state index in [4.69, 9.17) is 4.74 Å². The number of rotatable bonds is 7. The van der Waals surface area contributed by atoms with E-state index in [9.17, 15) is 0 Å². The summed E-state index contributed by atoms with van der Waals surface area (Å²) in [5.74, 6) is 1.84. The first kappa shape index (κ1) is 21.6. The van der Waals surface area contributed by atoms with Crippen LogP contribution in [-0.4, -0.2) is 29.6 Å². The third-order valence-electron chi connectivity index (χ3n) is 3.37. The number of guanidine groups is 1. The lowest BCUT2D eigenvalue weighted by Gasteiger charge is -2.13. The lowest BCUT2D eigenvalue weighted by Crippen LogP contribution is -2.36. The van der Waals surface area contributed by atoms with Crippen molar-refractivity contribution in [1.82, 2.24) is 20.6 Å². The number of halogens is 1. The average Bonchev–Trinajstić information content (AvgIpc) is 3.06. The Balaban J connectivity index is 0.00000312. The van der Waals surface area contributed by atoms with E-state index in [2.05, 4.69) is 44.8 Å². The number of nitrogens with zero attached hydrogens (tertiary/aromatic N) is 3. The minimum atomic E-state index is 0. The van der Waals surface area contributed by atoms with Crippen molar-refractivity contribution in [2.45, 2.75) is 39.8 Å². The molecule has 6 nitrogen and oxygen atoms in total. The molecule has 0 unspecified atom stereocenters. The predicted octanol–water partition coefficient (Wildman–Crippen LogP) is 3.54. The van der Waals surface area contributed by atoms with Crippen LogP contribution < -0.4 is 15.4 Å². The van der Waals surface area contributed by atoms with Crippen LogP contribution in [0.5, 0.6) is 5.88 Å². The zero-order chi connectivity index (χ0) is 17.4. The molecule has 2 N–H and O–H groups in total. The first-order valence-electron chi connectivity index (χ1n) is 8.09. The highest BCUT2D eigenvalue weighted by atomic mass is 127. The van der Waals surface area contributed by atoms with Gasteiger partial charge in [-0.05, 0) is 18.9 Å². The number of ether oxygens (including phenoxy) is 1. The fourth-order valence-electron chi connectivity index (χ4n) is 2.06. The maximum absolute atomic E-state index is 5.54. The Kier molecular flexibility index (Phi) is 9.73. The Labute approximate surface area is 170 Å². The first-order valence-corrected chi connectivity index (χ1v) is 8.97. The standard InChI is InChI=1S/C17H25N5OS.HI/c1-5-23-16-13(7-6-8-19-16)9-20-17(18-4)21-10-15-22-14(11-24-15)12(2)3;/h6-8,11-12H,5,9-10H2,1-4H3,(H2,18,20,21);1H. The van der Waals surface area contributed by atoms with E-state index in [1.54, 1.807) is 24.6 Å². The molecule has 0 saturated carbocycles. The highest BCUT2D eigenvalue weighted by Crippen LogP contribution is 2.17. The Morgan fingerprint density at radius 3 is 2.72 bits per heavy atom. The fraction of sp³-hybridized carbons (Fsp3) is 0.471. The van der Waals surface area contributed by atoms with E-state index >= 15 is 0 Å². The fourth-order valence-corrected chi connectivity index (χ4v) is 2.95. The molecule has 2 aromatic rings. The van der Waals surface area contributed by atoms with Crippen LogP contribution >= 0.6 is 35.3 Å². The summed E-state index contributed by atoms with van der Waals surface area (Å²) in [7, 11) is 1.75. The quantitative estimate of drug-likeness (QED) is 0.364. The van der Waals surface area contributed by atoms with Crippen molar-refractivity contribution in [3.8, 4) is 5.88 Å². The number of aromatic nitrogens is 2. The van der Waals surface area contributed by atoms with E-state index in [-0.39, 0.29) is 24.0 Å². The summed E-state index contributed by atoms with van der Waals surface area (Å²) in [6.07, 6.45) is 1.73. The van der Waals surface area contributed by atoms with Gasteiger partial charge in [-0.2, -0.15) is 0 Å². The van der Waals surface area contributed by atoms with Crippen molar-refractivity contribution in [2.24, 2.45) is 4.99 Å². The lowest BCUT2D eigenvalue weighted by atomic mass is 10.2. The van der Waals surface area contributed by atoms with Gasteiger partial charge in [0.1, 0.15) is 5.01 Å². The molecule has 0 saturated heterocycles. The van der Waals surface area contributed by atoms with E-state index < -0.39 is 0 Å². The third-order valence-corrected chi connectivity index (χ3v) is 4.24. The first-order chi connectivity index (χ1) is 11.6. The molecule has 2 aromatic heterocycles. The van der Waals surface area contributed by atoms with E-state index in [1.807, 2.05) is 19.1 Å². The van der Waals surface area contributed by atoms with Gasteiger partial charge in [-0.3, -0.25) is 4.99 Å². The molecule has 2 rings (SSSR count). The number of thiazole rings is 1. The highest BCUT2D eigenvalue weighted by Gasteiger charge is 2.08. The number of aliphatic imine (C=N–C) groups is 1. The molecule has 0 atom stereocenters. The number of hydrogen-bond donors (Lipinski definition) is 2. The second-order valence-electron chi connectivity index (χ2n) is 5.50. The number of pyridine rings is 1. The van der Waals surface area contributed by atoms with E-state index in [1.165, 1.54) is 0 Å². The maximum Gasteiger partial charge on any atom is 0.218 e. The summed E-state index contributed by atoms with van der Waals surface area (Å²) >= 11 is 1.67. The number of hydrogen-bond acceptors (Lipinski definition) is 5. The number of nitrogens with one attached hydrogen (secondary N) is 2. The van der Waals surface area contributed by atoms with Gasteiger partial charge in [0.05, 0.1) is 18.8 Å². The van der Waals surface area contributed by atoms with E-state index in [0.29, 0.717) is 31.5 Å². The minimum absolute atomic E-state index is 0. The molecular weight excluding hydrogens is 449 g/mol. The van der Waals surface area contributed by atoms with Gasteiger partial charge in [-0.1, -0.05) is 19.9 Å². The molecule has 0 aliphatic carbocycles. The molecule has 0 radical (unpaired) electrons. The molecule has 138 valence electrons. The molecule has 0 fully saturated rings. The van der Waals surface area contributed by atoms with Crippen molar-refractivity contribution in [1.29, 1.82) is 0 Å². The molecule has 0 spiro atoms. The summed E-state index contributed by atoms with van der Waals surface area (Å²) in [6.45, 7) is 8.10. The summed E-state index contributed by atoms with van der Waals surface area (Å²) < 4.78 is 5.54. The second-order valence-corrected chi connectivity index (χ2v) is 6.44. The summed E-state index contributed by atoms with van der Waals surface area (Å²) in [4.78, 5) is 13.1. The maximum atomic E-state index is 5.54. The lowest BCUT2D eigenvalue weighted by molar-refractivity contribution is 0.322. The summed E-state index contributed by atoms with van der Waals surface area (Å²) in [5.41, 5.74) is 2.13. The van der Waals surface area contributed by atoms with Crippen LogP contribution in [0, 0.1) is 0 Å². The second kappa shape index (κ2) is 11.2. The molecule has 0 amide bonds.